The summed E-state index contributed by atoms with van der Waals surface area (Å²) in [5, 5.41) is 3.59. The molecule has 0 amide bonds. The average Bonchev–Trinajstić information content (AvgIpc) is 2.41. The van der Waals surface area contributed by atoms with E-state index in [4.69, 9.17) is 11.6 Å². The number of hydrogen-bond acceptors (Lipinski definition) is 3. The van der Waals surface area contributed by atoms with Crippen molar-refractivity contribution in [1.82, 2.24) is 9.62 Å². The standard InChI is InChI=1S/C12H16BrClN2O2S/c1-15-9-5-7-16(8-6-9)19(17,18)11-4-2-3-10(14)12(11)13/h2-4,9,15H,5-8H2,1H3. The molecule has 0 bridgehead atoms. The van der Waals surface area contributed by atoms with E-state index < -0.39 is 10.0 Å². The normalized spacial score (nSPS) is 18.7. The highest BCUT2D eigenvalue weighted by molar-refractivity contribution is 9.10. The molecule has 0 saturated carbocycles. The molecule has 2 rings (SSSR count). The fourth-order valence-corrected chi connectivity index (χ4v) is 4.87. The van der Waals surface area contributed by atoms with E-state index in [9.17, 15) is 8.42 Å². The number of halogens is 2. The van der Waals surface area contributed by atoms with Crippen LogP contribution in [0.25, 0.3) is 0 Å². The van der Waals surface area contributed by atoms with Gasteiger partial charge in [0.05, 0.1) is 14.4 Å². The molecule has 4 nitrogen and oxygen atoms in total. The molecule has 1 N–H and O–H groups in total. The molecular weight excluding hydrogens is 352 g/mol. The number of piperidine rings is 1. The molecule has 0 radical (unpaired) electrons. The van der Waals surface area contributed by atoms with Crippen LogP contribution in [-0.4, -0.2) is 38.9 Å². The third kappa shape index (κ3) is 3.13. The maximum Gasteiger partial charge on any atom is 0.244 e. The van der Waals surface area contributed by atoms with Gasteiger partial charge in [-0.3, -0.25) is 0 Å². The number of sulfonamides is 1. The Morgan fingerprint density at radius 2 is 2.00 bits per heavy atom. The van der Waals surface area contributed by atoms with Crippen LogP contribution in [0.2, 0.25) is 5.02 Å². The van der Waals surface area contributed by atoms with Gasteiger partial charge < -0.3 is 5.32 Å². The fraction of sp³-hybridized carbons (Fsp3) is 0.500. The van der Waals surface area contributed by atoms with Crippen molar-refractivity contribution in [3.63, 3.8) is 0 Å². The van der Waals surface area contributed by atoms with Crippen LogP contribution in [0.3, 0.4) is 0 Å². The number of benzene rings is 1. The predicted molar refractivity (Wildman–Crippen MR) is 80.0 cm³/mol. The first-order chi connectivity index (χ1) is 8.96. The van der Waals surface area contributed by atoms with E-state index in [1.807, 2.05) is 7.05 Å². The first-order valence-corrected chi connectivity index (χ1v) is 8.69. The monoisotopic (exact) mass is 366 g/mol. The molecule has 1 aromatic rings. The summed E-state index contributed by atoms with van der Waals surface area (Å²) < 4.78 is 27.1. The van der Waals surface area contributed by atoms with Crippen molar-refractivity contribution in [3.05, 3.63) is 27.7 Å². The van der Waals surface area contributed by atoms with Gasteiger partial charge in [0.15, 0.2) is 0 Å². The SMILES string of the molecule is CNC1CCN(S(=O)(=O)c2cccc(Cl)c2Br)CC1. The third-order valence-corrected chi connectivity index (χ3v) is 7.00. The minimum Gasteiger partial charge on any atom is -0.317 e. The van der Waals surface area contributed by atoms with Crippen LogP contribution < -0.4 is 5.32 Å². The summed E-state index contributed by atoms with van der Waals surface area (Å²) in [6.45, 7) is 1.07. The Kier molecular flexibility index (Phi) is 4.89. The zero-order chi connectivity index (χ0) is 14.0. The van der Waals surface area contributed by atoms with Gasteiger partial charge in [-0.25, -0.2) is 8.42 Å². The Balaban J connectivity index is 2.26. The summed E-state index contributed by atoms with van der Waals surface area (Å²) in [6.07, 6.45) is 1.65. The van der Waals surface area contributed by atoms with Gasteiger partial charge in [0.1, 0.15) is 0 Å². The van der Waals surface area contributed by atoms with Crippen molar-refractivity contribution in [3.8, 4) is 0 Å². The zero-order valence-electron chi connectivity index (χ0n) is 10.6. The highest BCUT2D eigenvalue weighted by atomic mass is 79.9. The Morgan fingerprint density at radius 3 is 2.58 bits per heavy atom. The fourth-order valence-electron chi connectivity index (χ4n) is 2.21. The molecule has 1 saturated heterocycles. The van der Waals surface area contributed by atoms with E-state index >= 15 is 0 Å². The molecule has 1 heterocycles. The van der Waals surface area contributed by atoms with Crippen LogP contribution in [0, 0.1) is 0 Å². The molecule has 0 atom stereocenters. The molecule has 0 unspecified atom stereocenters. The van der Waals surface area contributed by atoms with E-state index in [-0.39, 0.29) is 4.90 Å². The van der Waals surface area contributed by atoms with Crippen molar-refractivity contribution in [1.29, 1.82) is 0 Å². The average molecular weight is 368 g/mol. The maximum atomic E-state index is 12.6. The van der Waals surface area contributed by atoms with E-state index in [1.165, 1.54) is 4.31 Å². The van der Waals surface area contributed by atoms with E-state index in [0.717, 1.165) is 12.8 Å². The summed E-state index contributed by atoms with van der Waals surface area (Å²) in [4.78, 5) is 0.239. The largest absolute Gasteiger partial charge is 0.317 e. The maximum absolute atomic E-state index is 12.6. The van der Waals surface area contributed by atoms with E-state index in [1.54, 1.807) is 18.2 Å². The van der Waals surface area contributed by atoms with Gasteiger partial charge in [-0.1, -0.05) is 17.7 Å². The summed E-state index contributed by atoms with van der Waals surface area (Å²) >= 11 is 9.22. The van der Waals surface area contributed by atoms with Crippen molar-refractivity contribution in [2.45, 2.75) is 23.8 Å². The van der Waals surface area contributed by atoms with Gasteiger partial charge in [-0.2, -0.15) is 4.31 Å². The molecule has 0 aliphatic carbocycles. The van der Waals surface area contributed by atoms with Crippen LogP contribution >= 0.6 is 27.5 Å². The molecule has 19 heavy (non-hydrogen) atoms. The summed E-state index contributed by atoms with van der Waals surface area (Å²) in [7, 11) is -1.57. The summed E-state index contributed by atoms with van der Waals surface area (Å²) in [5.74, 6) is 0. The van der Waals surface area contributed by atoms with Crippen molar-refractivity contribution < 1.29 is 8.42 Å². The minimum absolute atomic E-state index is 0.239. The molecule has 1 aliphatic rings. The van der Waals surface area contributed by atoms with Gasteiger partial charge >= 0.3 is 0 Å². The Hall–Kier alpha value is -0.140. The molecule has 106 valence electrons. The molecule has 0 spiro atoms. The van der Waals surface area contributed by atoms with Crippen LogP contribution in [0.5, 0.6) is 0 Å². The molecule has 1 aromatic carbocycles. The topological polar surface area (TPSA) is 49.4 Å². The van der Waals surface area contributed by atoms with Crippen LogP contribution in [0.4, 0.5) is 0 Å². The molecule has 1 aliphatic heterocycles. The van der Waals surface area contributed by atoms with Crippen LogP contribution in [0.1, 0.15) is 12.8 Å². The number of rotatable bonds is 3. The molecular formula is C12H16BrClN2O2S. The second-order valence-electron chi connectivity index (χ2n) is 4.52. The van der Waals surface area contributed by atoms with Crippen LogP contribution in [0.15, 0.2) is 27.6 Å². The zero-order valence-corrected chi connectivity index (χ0v) is 13.7. The Bertz CT molecular complexity index is 557. The quantitative estimate of drug-likeness (QED) is 0.893. The molecule has 7 heteroatoms. The lowest BCUT2D eigenvalue weighted by atomic mass is 10.1. The first-order valence-electron chi connectivity index (χ1n) is 6.08. The number of nitrogens with zero attached hydrogens (tertiary/aromatic N) is 1. The smallest absolute Gasteiger partial charge is 0.244 e. The van der Waals surface area contributed by atoms with E-state index in [0.29, 0.717) is 28.6 Å². The van der Waals surface area contributed by atoms with Crippen molar-refractivity contribution in [2.24, 2.45) is 0 Å². The Labute approximate surface area is 127 Å². The van der Waals surface area contributed by atoms with Crippen LogP contribution in [-0.2, 0) is 10.0 Å². The van der Waals surface area contributed by atoms with Gasteiger partial charge in [-0.15, -0.1) is 0 Å². The Morgan fingerprint density at radius 1 is 1.37 bits per heavy atom. The highest BCUT2D eigenvalue weighted by Crippen LogP contribution is 2.32. The molecule has 1 fully saturated rings. The second kappa shape index (κ2) is 6.10. The van der Waals surface area contributed by atoms with E-state index in [2.05, 4.69) is 21.2 Å². The van der Waals surface area contributed by atoms with Gasteiger partial charge in [0, 0.05) is 19.1 Å². The summed E-state index contributed by atoms with van der Waals surface area (Å²) in [6, 6.07) is 5.29. The van der Waals surface area contributed by atoms with Gasteiger partial charge in [0.2, 0.25) is 10.0 Å². The summed E-state index contributed by atoms with van der Waals surface area (Å²) in [5.41, 5.74) is 0. The van der Waals surface area contributed by atoms with Crippen molar-refractivity contribution in [2.75, 3.05) is 20.1 Å². The predicted octanol–water partition coefficient (Wildman–Crippen LogP) is 2.48. The first kappa shape index (κ1) is 15.3. The lowest BCUT2D eigenvalue weighted by molar-refractivity contribution is 0.298. The van der Waals surface area contributed by atoms with Gasteiger partial charge in [-0.05, 0) is 48.0 Å². The highest BCUT2D eigenvalue weighted by Gasteiger charge is 2.30. The molecule has 0 aromatic heterocycles. The van der Waals surface area contributed by atoms with Gasteiger partial charge in [0.25, 0.3) is 0 Å². The lowest BCUT2D eigenvalue weighted by Gasteiger charge is -2.31. The lowest BCUT2D eigenvalue weighted by Crippen LogP contribution is -2.43. The minimum atomic E-state index is -3.47. The number of hydrogen-bond donors (Lipinski definition) is 1. The second-order valence-corrected chi connectivity index (χ2v) is 7.63. The third-order valence-electron chi connectivity index (χ3n) is 3.40. The number of nitrogens with one attached hydrogen (secondary N) is 1. The van der Waals surface area contributed by atoms with Crippen molar-refractivity contribution >= 4 is 37.6 Å².